The van der Waals surface area contributed by atoms with E-state index in [1.54, 1.807) is 26.0 Å². The lowest BCUT2D eigenvalue weighted by atomic mass is 10.1. The highest BCUT2D eigenvalue weighted by atomic mass is 79.9. The maximum atomic E-state index is 13.4. The van der Waals surface area contributed by atoms with Gasteiger partial charge < -0.3 is 19.7 Å². The van der Waals surface area contributed by atoms with Crippen molar-refractivity contribution < 1.29 is 27.5 Å². The number of carbonyl (C=O) groups excluding carboxylic acids is 2. The third kappa shape index (κ3) is 6.17. The zero-order valence-electron chi connectivity index (χ0n) is 18.6. The molecule has 1 aliphatic heterocycles. The predicted molar refractivity (Wildman–Crippen MR) is 128 cm³/mol. The standard InChI is InChI=1S/C22H26BrN3O6S/c1-4-24-22(28)15(2)25(12-16-6-5-7-17(23)10-16)21(27)13-26(33(3,29)30)18-8-9-19-20(11-18)32-14-31-19/h5-11,15H,4,12-14H2,1-3H3,(H,24,28)/t15-/m1/s1. The number of benzene rings is 2. The molecule has 0 bridgehead atoms. The van der Waals surface area contributed by atoms with Crippen LogP contribution >= 0.6 is 15.9 Å². The molecule has 11 heteroatoms. The van der Waals surface area contributed by atoms with Crippen molar-refractivity contribution in [2.45, 2.75) is 26.4 Å². The van der Waals surface area contributed by atoms with Crippen molar-refractivity contribution in [2.24, 2.45) is 0 Å². The summed E-state index contributed by atoms with van der Waals surface area (Å²) in [4.78, 5) is 27.3. The van der Waals surface area contributed by atoms with Crippen LogP contribution in [0.4, 0.5) is 5.69 Å². The van der Waals surface area contributed by atoms with Crippen molar-refractivity contribution in [1.82, 2.24) is 10.2 Å². The summed E-state index contributed by atoms with van der Waals surface area (Å²) in [6.45, 7) is 3.52. The zero-order valence-corrected chi connectivity index (χ0v) is 21.0. The molecule has 1 heterocycles. The number of nitrogens with one attached hydrogen (secondary N) is 1. The Labute approximate surface area is 201 Å². The summed E-state index contributed by atoms with van der Waals surface area (Å²) in [5, 5.41) is 2.72. The van der Waals surface area contributed by atoms with Gasteiger partial charge in [0.15, 0.2) is 11.5 Å². The molecule has 0 fully saturated rings. The molecular weight excluding hydrogens is 514 g/mol. The predicted octanol–water partition coefficient (Wildman–Crippen LogP) is 2.50. The highest BCUT2D eigenvalue weighted by molar-refractivity contribution is 9.10. The molecule has 2 amide bonds. The minimum absolute atomic E-state index is 0.0427. The lowest BCUT2D eigenvalue weighted by Crippen LogP contribution is -2.51. The van der Waals surface area contributed by atoms with E-state index >= 15 is 0 Å². The normalized spacial score (nSPS) is 13.3. The van der Waals surface area contributed by atoms with Gasteiger partial charge >= 0.3 is 0 Å². The van der Waals surface area contributed by atoms with Gasteiger partial charge in [-0.1, -0.05) is 28.1 Å². The van der Waals surface area contributed by atoms with E-state index in [9.17, 15) is 18.0 Å². The molecule has 2 aromatic carbocycles. The fourth-order valence-electron chi connectivity index (χ4n) is 3.39. The first-order valence-corrected chi connectivity index (χ1v) is 12.9. The molecule has 1 atom stereocenters. The first-order valence-electron chi connectivity index (χ1n) is 10.3. The van der Waals surface area contributed by atoms with Crippen LogP contribution in [0.2, 0.25) is 0 Å². The van der Waals surface area contributed by atoms with Crippen molar-refractivity contribution in [3.8, 4) is 11.5 Å². The number of hydrogen-bond acceptors (Lipinski definition) is 6. The van der Waals surface area contributed by atoms with Crippen LogP contribution in [0.3, 0.4) is 0 Å². The van der Waals surface area contributed by atoms with Gasteiger partial charge in [0.1, 0.15) is 12.6 Å². The summed E-state index contributed by atoms with van der Waals surface area (Å²) < 4.78 is 37.6. The first kappa shape index (κ1) is 24.8. The fraction of sp³-hybridized carbons (Fsp3) is 0.364. The second kappa shape index (κ2) is 10.4. The fourth-order valence-corrected chi connectivity index (χ4v) is 4.68. The van der Waals surface area contributed by atoms with E-state index < -0.39 is 28.5 Å². The Morgan fingerprint density at radius 2 is 1.88 bits per heavy atom. The van der Waals surface area contributed by atoms with Gasteiger partial charge in [-0.2, -0.15) is 0 Å². The third-order valence-corrected chi connectivity index (χ3v) is 6.72. The minimum atomic E-state index is -3.82. The number of sulfonamides is 1. The Morgan fingerprint density at radius 3 is 2.55 bits per heavy atom. The second-order valence-electron chi connectivity index (χ2n) is 7.53. The van der Waals surface area contributed by atoms with E-state index in [4.69, 9.17) is 9.47 Å². The van der Waals surface area contributed by atoms with Crippen LogP contribution in [0.1, 0.15) is 19.4 Å². The molecule has 1 aliphatic rings. The molecule has 0 saturated heterocycles. The maximum absolute atomic E-state index is 13.4. The number of likely N-dealkylation sites (N-methyl/N-ethyl adjacent to an activating group) is 1. The van der Waals surface area contributed by atoms with Crippen molar-refractivity contribution in [2.75, 3.05) is 30.4 Å². The number of carbonyl (C=O) groups is 2. The number of halogens is 1. The van der Waals surface area contributed by atoms with Crippen LogP contribution in [0.25, 0.3) is 0 Å². The number of rotatable bonds is 9. The molecule has 178 valence electrons. The Hall–Kier alpha value is -2.79. The Bertz CT molecular complexity index is 1140. The van der Waals surface area contributed by atoms with Crippen LogP contribution < -0.4 is 19.1 Å². The van der Waals surface area contributed by atoms with E-state index in [-0.39, 0.29) is 24.9 Å². The molecular formula is C22H26BrN3O6S. The smallest absolute Gasteiger partial charge is 0.244 e. The molecule has 0 aromatic heterocycles. The number of anilines is 1. The number of fused-ring (bicyclic) bond motifs is 1. The first-order chi connectivity index (χ1) is 15.6. The molecule has 33 heavy (non-hydrogen) atoms. The molecule has 0 unspecified atom stereocenters. The van der Waals surface area contributed by atoms with Crippen molar-refractivity contribution in [3.63, 3.8) is 0 Å². The average molecular weight is 540 g/mol. The van der Waals surface area contributed by atoms with Crippen LogP contribution in [-0.2, 0) is 26.2 Å². The van der Waals surface area contributed by atoms with Gasteiger partial charge in [0, 0.05) is 23.6 Å². The minimum Gasteiger partial charge on any atom is -0.454 e. The van der Waals surface area contributed by atoms with Gasteiger partial charge in [-0.25, -0.2) is 8.42 Å². The van der Waals surface area contributed by atoms with Crippen molar-refractivity contribution >= 4 is 43.5 Å². The highest BCUT2D eigenvalue weighted by Gasteiger charge is 2.30. The van der Waals surface area contributed by atoms with Crippen molar-refractivity contribution in [1.29, 1.82) is 0 Å². The Morgan fingerprint density at radius 1 is 1.15 bits per heavy atom. The van der Waals surface area contributed by atoms with Crippen LogP contribution in [-0.4, -0.2) is 57.3 Å². The highest BCUT2D eigenvalue weighted by Crippen LogP contribution is 2.36. The summed E-state index contributed by atoms with van der Waals surface area (Å²) in [5.74, 6) is 0.0570. The molecule has 0 radical (unpaired) electrons. The van der Waals surface area contributed by atoms with Crippen LogP contribution in [0, 0.1) is 0 Å². The van der Waals surface area contributed by atoms with Crippen molar-refractivity contribution in [3.05, 3.63) is 52.5 Å². The van der Waals surface area contributed by atoms with E-state index in [0.717, 1.165) is 20.6 Å². The largest absolute Gasteiger partial charge is 0.454 e. The van der Waals surface area contributed by atoms with Gasteiger partial charge in [0.25, 0.3) is 0 Å². The Balaban J connectivity index is 1.91. The maximum Gasteiger partial charge on any atom is 0.244 e. The topological polar surface area (TPSA) is 105 Å². The molecule has 0 aliphatic carbocycles. The molecule has 1 N–H and O–H groups in total. The van der Waals surface area contributed by atoms with Gasteiger partial charge in [-0.05, 0) is 43.7 Å². The van der Waals surface area contributed by atoms with E-state index in [0.29, 0.717) is 18.0 Å². The average Bonchev–Trinajstić information content (AvgIpc) is 3.22. The van der Waals surface area contributed by atoms with Gasteiger partial charge in [0.2, 0.25) is 28.6 Å². The molecule has 0 spiro atoms. The lowest BCUT2D eigenvalue weighted by molar-refractivity contribution is -0.139. The zero-order chi connectivity index (χ0) is 24.2. The summed E-state index contributed by atoms with van der Waals surface area (Å²) in [6.07, 6.45) is 1.02. The Kier molecular flexibility index (Phi) is 7.85. The van der Waals surface area contributed by atoms with E-state index in [1.165, 1.54) is 11.0 Å². The monoisotopic (exact) mass is 539 g/mol. The molecule has 0 saturated carbocycles. The summed E-state index contributed by atoms with van der Waals surface area (Å²) in [6, 6.07) is 11.2. The van der Waals surface area contributed by atoms with E-state index in [1.807, 2.05) is 24.3 Å². The quantitative estimate of drug-likeness (QED) is 0.524. The van der Waals surface area contributed by atoms with E-state index in [2.05, 4.69) is 21.2 Å². The van der Waals surface area contributed by atoms with Gasteiger partial charge in [-0.15, -0.1) is 0 Å². The second-order valence-corrected chi connectivity index (χ2v) is 10.4. The molecule has 2 aromatic rings. The summed E-state index contributed by atoms with van der Waals surface area (Å²) in [7, 11) is -3.82. The summed E-state index contributed by atoms with van der Waals surface area (Å²) >= 11 is 3.41. The molecule has 3 rings (SSSR count). The number of amides is 2. The van der Waals surface area contributed by atoms with Gasteiger partial charge in [0.05, 0.1) is 11.9 Å². The SMILES string of the molecule is CCNC(=O)[C@@H](C)N(Cc1cccc(Br)c1)C(=O)CN(c1ccc2c(c1)OCO2)S(C)(=O)=O. The number of hydrogen-bond donors (Lipinski definition) is 1. The van der Waals surface area contributed by atoms with Gasteiger partial charge in [-0.3, -0.25) is 13.9 Å². The summed E-state index contributed by atoms with van der Waals surface area (Å²) in [5.41, 5.74) is 1.06. The third-order valence-electron chi connectivity index (χ3n) is 5.08. The lowest BCUT2D eigenvalue weighted by Gasteiger charge is -2.31. The number of ether oxygens (including phenoxy) is 2. The number of nitrogens with zero attached hydrogens (tertiary/aromatic N) is 2. The van der Waals surface area contributed by atoms with Crippen LogP contribution in [0.15, 0.2) is 46.9 Å². The van der Waals surface area contributed by atoms with Crippen LogP contribution in [0.5, 0.6) is 11.5 Å². The molecule has 9 nitrogen and oxygen atoms in total.